The Hall–Kier alpha value is -1.81. The molecule has 0 unspecified atom stereocenters. The molecule has 19 heavy (non-hydrogen) atoms. The van der Waals surface area contributed by atoms with Crippen LogP contribution in [0.1, 0.15) is 23.0 Å². The first-order chi connectivity index (χ1) is 9.11. The molecule has 0 N–H and O–H groups in total. The third-order valence-corrected chi connectivity index (χ3v) is 3.47. The third kappa shape index (κ3) is 2.24. The normalized spacial score (nSPS) is 10.5. The second-order valence-corrected chi connectivity index (χ2v) is 4.48. The minimum absolute atomic E-state index is 0.416. The molecule has 5 heteroatoms. The summed E-state index contributed by atoms with van der Waals surface area (Å²) < 4.78 is 6.79. The van der Waals surface area contributed by atoms with Crippen molar-refractivity contribution in [2.75, 3.05) is 7.11 Å². The summed E-state index contributed by atoms with van der Waals surface area (Å²) in [7, 11) is 1.35. The summed E-state index contributed by atoms with van der Waals surface area (Å²) in [5, 5.41) is 0.416. The Kier molecular flexibility index (Phi) is 3.90. The van der Waals surface area contributed by atoms with Gasteiger partial charge in [-0.05, 0) is 26.0 Å². The van der Waals surface area contributed by atoms with E-state index in [1.54, 1.807) is 12.4 Å². The summed E-state index contributed by atoms with van der Waals surface area (Å²) >= 11 is 6.37. The zero-order valence-corrected chi connectivity index (χ0v) is 11.9. The average Bonchev–Trinajstić information content (AvgIpc) is 2.69. The molecule has 100 valence electrons. The Morgan fingerprint density at radius 1 is 1.53 bits per heavy atom. The van der Waals surface area contributed by atoms with E-state index in [2.05, 4.69) is 4.98 Å². The number of nitrogens with zero attached hydrogens (tertiary/aromatic N) is 2. The molecule has 0 aromatic carbocycles. The highest BCUT2D eigenvalue weighted by Crippen LogP contribution is 2.35. The number of aromatic nitrogens is 2. The lowest BCUT2D eigenvalue weighted by atomic mass is 10.2. The number of hydrogen-bond donors (Lipinski definition) is 0. The Morgan fingerprint density at radius 3 is 2.79 bits per heavy atom. The molecule has 0 atom stereocenters. The third-order valence-electron chi connectivity index (χ3n) is 3.10. The number of esters is 1. The first kappa shape index (κ1) is 13.6. The van der Waals surface area contributed by atoms with Gasteiger partial charge in [-0.25, -0.2) is 4.79 Å². The van der Waals surface area contributed by atoms with Crippen LogP contribution in [0, 0.1) is 6.92 Å². The number of halogens is 1. The van der Waals surface area contributed by atoms with Crippen LogP contribution in [0.4, 0.5) is 0 Å². The number of carbonyl (C=O) groups is 1. The Balaban J connectivity index is 2.71. The molecule has 0 radical (unpaired) electrons. The summed E-state index contributed by atoms with van der Waals surface area (Å²) in [5.41, 5.74) is 2.91. The molecule has 2 heterocycles. The maximum absolute atomic E-state index is 11.8. The van der Waals surface area contributed by atoms with Gasteiger partial charge in [-0.1, -0.05) is 11.6 Å². The van der Waals surface area contributed by atoms with E-state index in [-0.39, 0.29) is 0 Å². The summed E-state index contributed by atoms with van der Waals surface area (Å²) in [5.74, 6) is -0.417. The number of methoxy groups -OCH3 is 1. The average molecular weight is 279 g/mol. The number of hydrogen-bond acceptors (Lipinski definition) is 3. The zero-order valence-electron chi connectivity index (χ0n) is 11.1. The fourth-order valence-corrected chi connectivity index (χ4v) is 2.64. The maximum Gasteiger partial charge on any atom is 0.341 e. The molecule has 0 amide bonds. The van der Waals surface area contributed by atoms with Crippen molar-refractivity contribution in [3.63, 3.8) is 0 Å². The quantitative estimate of drug-likeness (QED) is 0.809. The van der Waals surface area contributed by atoms with Gasteiger partial charge in [0.25, 0.3) is 0 Å². The second-order valence-electron chi connectivity index (χ2n) is 4.10. The lowest BCUT2D eigenvalue weighted by molar-refractivity contribution is 0.0600. The van der Waals surface area contributed by atoms with Gasteiger partial charge in [-0.3, -0.25) is 4.98 Å². The lowest BCUT2D eigenvalue weighted by Gasteiger charge is -2.08. The van der Waals surface area contributed by atoms with Gasteiger partial charge in [-0.15, -0.1) is 0 Å². The summed E-state index contributed by atoms with van der Waals surface area (Å²) in [4.78, 5) is 15.9. The van der Waals surface area contributed by atoms with E-state index in [0.29, 0.717) is 17.1 Å². The first-order valence-corrected chi connectivity index (χ1v) is 6.36. The van der Waals surface area contributed by atoms with Crippen LogP contribution < -0.4 is 0 Å². The molecule has 0 saturated carbocycles. The smallest absolute Gasteiger partial charge is 0.341 e. The Labute approximate surface area is 117 Å². The highest BCUT2D eigenvalue weighted by atomic mass is 35.5. The van der Waals surface area contributed by atoms with E-state index in [1.165, 1.54) is 7.11 Å². The standard InChI is InChI=1S/C14H15ClN2O2/c1-4-17-9(2)11(14(18)19-3)12(15)13(17)10-6-5-7-16-8-10/h5-8H,4H2,1-3H3. The van der Waals surface area contributed by atoms with Crippen molar-refractivity contribution in [2.24, 2.45) is 0 Å². The van der Waals surface area contributed by atoms with E-state index < -0.39 is 5.97 Å². The molecule has 0 bridgehead atoms. The van der Waals surface area contributed by atoms with Gasteiger partial charge in [0.15, 0.2) is 0 Å². The van der Waals surface area contributed by atoms with Gasteiger partial charge < -0.3 is 9.30 Å². The van der Waals surface area contributed by atoms with Gasteiger partial charge in [0, 0.05) is 30.2 Å². The van der Waals surface area contributed by atoms with E-state index in [9.17, 15) is 4.79 Å². The van der Waals surface area contributed by atoms with Crippen LogP contribution in [0.25, 0.3) is 11.3 Å². The van der Waals surface area contributed by atoms with Crippen LogP contribution in [-0.2, 0) is 11.3 Å². The van der Waals surface area contributed by atoms with Crippen molar-refractivity contribution in [1.29, 1.82) is 0 Å². The van der Waals surface area contributed by atoms with Crippen LogP contribution in [0.5, 0.6) is 0 Å². The van der Waals surface area contributed by atoms with Crippen molar-refractivity contribution in [3.05, 3.63) is 40.8 Å². The monoisotopic (exact) mass is 278 g/mol. The highest BCUT2D eigenvalue weighted by Gasteiger charge is 2.24. The number of rotatable bonds is 3. The van der Waals surface area contributed by atoms with Crippen molar-refractivity contribution in [1.82, 2.24) is 9.55 Å². The summed E-state index contributed by atoms with van der Waals surface area (Å²) in [6, 6.07) is 3.76. The van der Waals surface area contributed by atoms with Crippen LogP contribution in [0.2, 0.25) is 5.02 Å². The highest BCUT2D eigenvalue weighted by molar-refractivity contribution is 6.36. The largest absolute Gasteiger partial charge is 0.465 e. The van der Waals surface area contributed by atoms with E-state index in [1.807, 2.05) is 30.5 Å². The van der Waals surface area contributed by atoms with Crippen LogP contribution in [-0.4, -0.2) is 22.6 Å². The molecular weight excluding hydrogens is 264 g/mol. The predicted molar refractivity (Wildman–Crippen MR) is 74.4 cm³/mol. The van der Waals surface area contributed by atoms with E-state index in [0.717, 1.165) is 17.0 Å². The van der Waals surface area contributed by atoms with Gasteiger partial charge >= 0.3 is 5.97 Å². The molecule has 0 aliphatic rings. The minimum Gasteiger partial charge on any atom is -0.465 e. The van der Waals surface area contributed by atoms with Gasteiger partial charge in [-0.2, -0.15) is 0 Å². The summed E-state index contributed by atoms with van der Waals surface area (Å²) in [6.45, 7) is 4.58. The minimum atomic E-state index is -0.417. The summed E-state index contributed by atoms with van der Waals surface area (Å²) in [6.07, 6.45) is 3.43. The molecule has 2 aromatic heterocycles. The SMILES string of the molecule is CCn1c(C)c(C(=O)OC)c(Cl)c1-c1cccnc1. The van der Waals surface area contributed by atoms with Crippen LogP contribution in [0.15, 0.2) is 24.5 Å². The van der Waals surface area contributed by atoms with E-state index in [4.69, 9.17) is 16.3 Å². The molecule has 4 nitrogen and oxygen atoms in total. The molecule has 0 fully saturated rings. The van der Waals surface area contributed by atoms with Gasteiger partial charge in [0.05, 0.1) is 23.4 Å². The molecule has 0 saturated heterocycles. The molecule has 2 rings (SSSR count). The zero-order chi connectivity index (χ0) is 14.0. The first-order valence-electron chi connectivity index (χ1n) is 5.99. The van der Waals surface area contributed by atoms with Gasteiger partial charge in [0.1, 0.15) is 0 Å². The topological polar surface area (TPSA) is 44.1 Å². The van der Waals surface area contributed by atoms with Crippen molar-refractivity contribution < 1.29 is 9.53 Å². The van der Waals surface area contributed by atoms with Crippen molar-refractivity contribution >= 4 is 17.6 Å². The Bertz CT molecular complexity index is 606. The fourth-order valence-electron chi connectivity index (χ4n) is 2.22. The molecular formula is C14H15ClN2O2. The second kappa shape index (κ2) is 5.45. The lowest BCUT2D eigenvalue weighted by Crippen LogP contribution is -2.05. The van der Waals surface area contributed by atoms with Gasteiger partial charge in [0.2, 0.25) is 0 Å². The number of carbonyl (C=O) groups excluding carboxylic acids is 1. The number of ether oxygens (including phenoxy) is 1. The predicted octanol–water partition coefficient (Wildman–Crippen LogP) is 3.32. The van der Waals surface area contributed by atoms with Crippen molar-refractivity contribution in [3.8, 4) is 11.3 Å². The number of pyridine rings is 1. The van der Waals surface area contributed by atoms with E-state index >= 15 is 0 Å². The molecule has 2 aromatic rings. The molecule has 0 aliphatic carbocycles. The Morgan fingerprint density at radius 2 is 2.26 bits per heavy atom. The van der Waals surface area contributed by atoms with Crippen molar-refractivity contribution in [2.45, 2.75) is 20.4 Å². The maximum atomic E-state index is 11.8. The van der Waals surface area contributed by atoms with Crippen LogP contribution in [0.3, 0.4) is 0 Å². The fraction of sp³-hybridized carbons (Fsp3) is 0.286. The molecule has 0 spiro atoms. The van der Waals surface area contributed by atoms with Crippen LogP contribution >= 0.6 is 11.6 Å². The molecule has 0 aliphatic heterocycles.